The third-order valence-electron chi connectivity index (χ3n) is 5.65. The fourth-order valence-electron chi connectivity index (χ4n) is 3.70. The largest absolute Gasteiger partial charge is 0.497 e. The van der Waals surface area contributed by atoms with Crippen LogP contribution >= 0.6 is 11.8 Å². The Labute approximate surface area is 225 Å². The number of amides is 1. The number of nitrogens with zero attached hydrogens (tertiary/aromatic N) is 3. The summed E-state index contributed by atoms with van der Waals surface area (Å²) in [5, 5.41) is 9.06. The molecule has 7 nitrogen and oxygen atoms in total. The van der Waals surface area contributed by atoms with Crippen molar-refractivity contribution in [2.24, 2.45) is 10.2 Å². The molecule has 0 aliphatic carbocycles. The maximum absolute atomic E-state index is 13.4. The SMILES string of the molecule is COc1ccc(/C=N/N=C2\S/C(=C\c3cccc(OCc4ccccc4)c3)C(=O)N2Cc2ccco2)cc1. The highest BCUT2D eigenvalue weighted by molar-refractivity contribution is 8.18. The van der Waals surface area contributed by atoms with Gasteiger partial charge in [0, 0.05) is 0 Å². The van der Waals surface area contributed by atoms with Crippen LogP contribution in [0.5, 0.6) is 11.5 Å². The first kappa shape index (κ1) is 25.1. The number of carbonyl (C=O) groups excluding carboxylic acids is 1. The predicted octanol–water partition coefficient (Wildman–Crippen LogP) is 6.37. The lowest BCUT2D eigenvalue weighted by Gasteiger charge is -2.12. The summed E-state index contributed by atoms with van der Waals surface area (Å²) in [6.45, 7) is 0.724. The Hall–Kier alpha value is -4.56. The molecule has 3 aromatic carbocycles. The number of rotatable bonds is 9. The van der Waals surface area contributed by atoms with E-state index in [0.717, 1.165) is 28.2 Å². The molecule has 1 saturated heterocycles. The molecular weight excluding hydrogens is 498 g/mol. The summed E-state index contributed by atoms with van der Waals surface area (Å²) in [6, 6.07) is 28.7. The number of thioether (sulfide) groups is 1. The maximum atomic E-state index is 13.4. The minimum atomic E-state index is -0.166. The van der Waals surface area contributed by atoms with Gasteiger partial charge in [0.2, 0.25) is 0 Å². The minimum Gasteiger partial charge on any atom is -0.497 e. The van der Waals surface area contributed by atoms with Gasteiger partial charge >= 0.3 is 0 Å². The van der Waals surface area contributed by atoms with E-state index in [-0.39, 0.29) is 12.5 Å². The average molecular weight is 524 g/mol. The molecule has 8 heteroatoms. The predicted molar refractivity (Wildman–Crippen MR) is 150 cm³/mol. The van der Waals surface area contributed by atoms with Crippen molar-refractivity contribution in [2.45, 2.75) is 13.2 Å². The summed E-state index contributed by atoms with van der Waals surface area (Å²) in [4.78, 5) is 15.5. The molecule has 0 radical (unpaired) electrons. The Morgan fingerprint density at radius 2 is 1.76 bits per heavy atom. The smallest absolute Gasteiger partial charge is 0.267 e. The Balaban J connectivity index is 1.35. The standard InChI is InChI=1S/C30H25N3O4S/c1-35-25-14-12-22(13-15-25)19-31-32-30-33(20-27-11-6-16-36-27)29(34)28(38-30)18-24-9-5-10-26(17-24)37-21-23-7-3-2-4-8-23/h2-19H,20-21H2,1H3/b28-18-,31-19+,32-30-. The van der Waals surface area contributed by atoms with Crippen LogP contribution < -0.4 is 9.47 Å². The van der Waals surface area contributed by atoms with Crippen molar-refractivity contribution in [3.63, 3.8) is 0 Å². The summed E-state index contributed by atoms with van der Waals surface area (Å²) in [5.74, 6) is 1.98. The van der Waals surface area contributed by atoms with Crippen LogP contribution in [0.1, 0.15) is 22.5 Å². The minimum absolute atomic E-state index is 0.166. The van der Waals surface area contributed by atoms with Crippen LogP contribution in [0.15, 0.2) is 117 Å². The summed E-state index contributed by atoms with van der Waals surface area (Å²) in [6.07, 6.45) is 5.06. The van der Waals surface area contributed by atoms with Crippen molar-refractivity contribution in [2.75, 3.05) is 7.11 Å². The van der Waals surface area contributed by atoms with E-state index in [1.54, 1.807) is 30.6 Å². The van der Waals surface area contributed by atoms with Crippen LogP contribution in [0.25, 0.3) is 6.08 Å². The van der Waals surface area contributed by atoms with Crippen molar-refractivity contribution < 1.29 is 18.7 Å². The molecule has 2 heterocycles. The third-order valence-corrected chi connectivity index (χ3v) is 6.65. The molecule has 0 saturated carbocycles. The van der Waals surface area contributed by atoms with Crippen LogP contribution in [0, 0.1) is 0 Å². The Morgan fingerprint density at radius 3 is 2.53 bits per heavy atom. The molecule has 1 aliphatic heterocycles. The molecular formula is C30H25N3O4S. The zero-order chi connectivity index (χ0) is 26.2. The van der Waals surface area contributed by atoms with Gasteiger partial charge in [-0.2, -0.15) is 5.10 Å². The highest BCUT2D eigenvalue weighted by Gasteiger charge is 2.34. The first-order chi connectivity index (χ1) is 18.7. The van der Waals surface area contributed by atoms with Gasteiger partial charge < -0.3 is 13.9 Å². The Morgan fingerprint density at radius 1 is 0.921 bits per heavy atom. The quantitative estimate of drug-likeness (QED) is 0.145. The number of methoxy groups -OCH3 is 1. The van der Waals surface area contributed by atoms with Crippen molar-refractivity contribution >= 4 is 35.1 Å². The van der Waals surface area contributed by atoms with E-state index >= 15 is 0 Å². The van der Waals surface area contributed by atoms with Gasteiger partial charge in [-0.15, -0.1) is 5.10 Å². The van der Waals surface area contributed by atoms with E-state index in [1.165, 1.54) is 11.8 Å². The van der Waals surface area contributed by atoms with Crippen molar-refractivity contribution in [1.29, 1.82) is 0 Å². The summed E-state index contributed by atoms with van der Waals surface area (Å²) in [7, 11) is 1.62. The molecule has 38 heavy (non-hydrogen) atoms. The second-order valence-electron chi connectivity index (χ2n) is 8.33. The van der Waals surface area contributed by atoms with Gasteiger partial charge in [-0.05, 0) is 83.1 Å². The fraction of sp³-hybridized carbons (Fsp3) is 0.100. The van der Waals surface area contributed by atoms with Crippen LogP contribution in [0.2, 0.25) is 0 Å². The van der Waals surface area contributed by atoms with E-state index < -0.39 is 0 Å². The van der Waals surface area contributed by atoms with Crippen molar-refractivity contribution in [1.82, 2.24) is 4.90 Å². The van der Waals surface area contributed by atoms with E-state index in [1.807, 2.05) is 91.0 Å². The second-order valence-corrected chi connectivity index (χ2v) is 9.34. The van der Waals surface area contributed by atoms with Gasteiger partial charge in [0.25, 0.3) is 5.91 Å². The lowest BCUT2D eigenvalue weighted by atomic mass is 10.2. The molecule has 5 rings (SSSR count). The van der Waals surface area contributed by atoms with Crippen molar-refractivity contribution in [3.8, 4) is 11.5 Å². The van der Waals surface area contributed by atoms with Crippen molar-refractivity contribution in [3.05, 3.63) is 125 Å². The molecule has 1 aromatic heterocycles. The molecule has 0 atom stereocenters. The molecule has 4 aromatic rings. The molecule has 0 spiro atoms. The van der Waals surface area contributed by atoms with Gasteiger partial charge in [0.1, 0.15) is 23.9 Å². The van der Waals surface area contributed by atoms with E-state index in [2.05, 4.69) is 10.2 Å². The molecule has 1 fully saturated rings. The molecule has 190 valence electrons. The van der Waals surface area contributed by atoms with Crippen LogP contribution in [0.4, 0.5) is 0 Å². The number of carbonyl (C=O) groups is 1. The lowest BCUT2D eigenvalue weighted by Crippen LogP contribution is -2.28. The molecule has 1 amide bonds. The fourth-order valence-corrected chi connectivity index (χ4v) is 4.64. The zero-order valence-electron chi connectivity index (χ0n) is 20.7. The first-order valence-corrected chi connectivity index (χ1v) is 12.8. The van der Waals surface area contributed by atoms with Crippen LogP contribution in [0.3, 0.4) is 0 Å². The van der Waals surface area contributed by atoms with Gasteiger partial charge in [-0.3, -0.25) is 9.69 Å². The zero-order valence-corrected chi connectivity index (χ0v) is 21.5. The topological polar surface area (TPSA) is 76.6 Å². The Bertz CT molecular complexity index is 1460. The average Bonchev–Trinajstić information content (AvgIpc) is 3.57. The number of benzene rings is 3. The third kappa shape index (κ3) is 6.41. The number of ether oxygens (including phenoxy) is 2. The second kappa shape index (κ2) is 12.1. The number of hydrogen-bond acceptors (Lipinski definition) is 7. The van der Waals surface area contributed by atoms with E-state index in [4.69, 9.17) is 13.9 Å². The molecule has 1 aliphatic rings. The highest BCUT2D eigenvalue weighted by Crippen LogP contribution is 2.34. The lowest BCUT2D eigenvalue weighted by molar-refractivity contribution is -0.122. The summed E-state index contributed by atoms with van der Waals surface area (Å²) in [5.41, 5.74) is 2.81. The monoisotopic (exact) mass is 523 g/mol. The van der Waals surface area contributed by atoms with Gasteiger partial charge in [0.15, 0.2) is 5.17 Å². The normalized spacial score (nSPS) is 15.6. The van der Waals surface area contributed by atoms with Crippen LogP contribution in [-0.4, -0.2) is 29.3 Å². The van der Waals surface area contributed by atoms with Gasteiger partial charge in [-0.25, -0.2) is 0 Å². The van der Waals surface area contributed by atoms with E-state index in [9.17, 15) is 4.79 Å². The summed E-state index contributed by atoms with van der Waals surface area (Å²) < 4.78 is 16.6. The molecule has 0 bridgehead atoms. The number of hydrogen-bond donors (Lipinski definition) is 0. The van der Waals surface area contributed by atoms with Gasteiger partial charge in [0.05, 0.1) is 31.0 Å². The van der Waals surface area contributed by atoms with Crippen LogP contribution in [-0.2, 0) is 17.9 Å². The summed E-state index contributed by atoms with van der Waals surface area (Å²) >= 11 is 1.27. The van der Waals surface area contributed by atoms with E-state index in [0.29, 0.717) is 22.4 Å². The maximum Gasteiger partial charge on any atom is 0.267 e. The van der Waals surface area contributed by atoms with Gasteiger partial charge in [-0.1, -0.05) is 42.5 Å². The molecule has 0 N–H and O–H groups in total. The Kier molecular flexibility index (Phi) is 8.01. The highest BCUT2D eigenvalue weighted by atomic mass is 32.2. The number of amidine groups is 1. The molecule has 0 unspecified atom stereocenters. The first-order valence-electron chi connectivity index (χ1n) is 11.9. The number of furan rings is 1.